The predicted octanol–water partition coefficient (Wildman–Crippen LogP) is 5.09. The quantitative estimate of drug-likeness (QED) is 0.473. The third-order valence-electron chi connectivity index (χ3n) is 4.43. The second kappa shape index (κ2) is 7.85. The number of hydrogen-bond acceptors (Lipinski definition) is 4. The van der Waals surface area contributed by atoms with E-state index in [1.54, 1.807) is 48.8 Å². The highest BCUT2D eigenvalue weighted by Gasteiger charge is 2.13. The normalized spacial score (nSPS) is 11.8. The van der Waals surface area contributed by atoms with Crippen molar-refractivity contribution in [1.29, 1.82) is 0 Å². The van der Waals surface area contributed by atoms with Gasteiger partial charge in [-0.25, -0.2) is 8.42 Å². The van der Waals surface area contributed by atoms with Crippen LogP contribution >= 0.6 is 0 Å². The van der Waals surface area contributed by atoms with Gasteiger partial charge in [-0.1, -0.05) is 48.0 Å². The molecule has 0 radical (unpaired) electrons. The minimum Gasteiger partial charge on any atom is -0.280 e. The van der Waals surface area contributed by atoms with Crippen molar-refractivity contribution in [2.24, 2.45) is 4.99 Å². The first-order valence-corrected chi connectivity index (χ1v) is 10.6. The van der Waals surface area contributed by atoms with Gasteiger partial charge in [0.1, 0.15) is 0 Å². The molecule has 0 amide bonds. The number of benzene rings is 3. The standard InChI is InChI=1S/C23H19N3O2S/c1-17-6-12-22(13-7-17)29(27,28)26-20-10-8-18(9-11-20)15-24-21-14-19-4-2-3-5-23(19)25-16-21/h2-16,26H,1H3. The van der Waals surface area contributed by atoms with Crippen LogP contribution in [0.15, 0.2) is 94.9 Å². The van der Waals surface area contributed by atoms with Crippen LogP contribution in [0.3, 0.4) is 0 Å². The maximum Gasteiger partial charge on any atom is 0.261 e. The third kappa shape index (κ3) is 4.50. The summed E-state index contributed by atoms with van der Waals surface area (Å²) in [5.74, 6) is 0. The first kappa shape index (κ1) is 18.8. The molecule has 0 aliphatic rings. The Balaban J connectivity index is 1.48. The molecule has 0 aliphatic carbocycles. The maximum absolute atomic E-state index is 12.5. The van der Waals surface area contributed by atoms with E-state index in [4.69, 9.17) is 0 Å². The molecule has 6 heteroatoms. The minimum absolute atomic E-state index is 0.234. The van der Waals surface area contributed by atoms with Crippen LogP contribution in [-0.4, -0.2) is 19.6 Å². The molecule has 1 N–H and O–H groups in total. The summed E-state index contributed by atoms with van der Waals surface area (Å²) in [6, 6.07) is 23.6. The van der Waals surface area contributed by atoms with Gasteiger partial charge in [-0.2, -0.15) is 0 Å². The molecule has 0 aliphatic heterocycles. The lowest BCUT2D eigenvalue weighted by Crippen LogP contribution is -2.12. The number of fused-ring (bicyclic) bond motifs is 1. The molecule has 5 nitrogen and oxygen atoms in total. The summed E-state index contributed by atoms with van der Waals surface area (Å²) in [6.45, 7) is 1.91. The van der Waals surface area contributed by atoms with Crippen LogP contribution in [0.1, 0.15) is 11.1 Å². The Kier molecular flexibility index (Phi) is 5.10. The number of nitrogens with one attached hydrogen (secondary N) is 1. The SMILES string of the molecule is Cc1ccc(S(=O)(=O)Nc2ccc(C=Nc3cnc4ccccc4c3)cc2)cc1. The van der Waals surface area contributed by atoms with E-state index in [1.807, 2.05) is 49.4 Å². The number of hydrogen-bond donors (Lipinski definition) is 1. The Bertz CT molecular complexity index is 1280. The van der Waals surface area contributed by atoms with E-state index in [-0.39, 0.29) is 4.90 Å². The van der Waals surface area contributed by atoms with Gasteiger partial charge in [-0.15, -0.1) is 0 Å². The molecule has 29 heavy (non-hydrogen) atoms. The van der Waals surface area contributed by atoms with Crippen LogP contribution in [0.5, 0.6) is 0 Å². The molecule has 4 rings (SSSR count). The van der Waals surface area contributed by atoms with Crippen LogP contribution in [-0.2, 0) is 10.0 Å². The number of para-hydroxylation sites is 1. The first-order chi connectivity index (χ1) is 14.0. The van der Waals surface area contributed by atoms with Crippen molar-refractivity contribution in [3.8, 4) is 0 Å². The van der Waals surface area contributed by atoms with Crippen molar-refractivity contribution >= 4 is 38.5 Å². The molecule has 1 heterocycles. The molecule has 1 aromatic heterocycles. The predicted molar refractivity (Wildman–Crippen MR) is 117 cm³/mol. The first-order valence-electron chi connectivity index (χ1n) is 9.08. The molecule has 0 saturated heterocycles. The monoisotopic (exact) mass is 401 g/mol. The molecule has 0 spiro atoms. The number of aromatic nitrogens is 1. The highest BCUT2D eigenvalue weighted by atomic mass is 32.2. The highest BCUT2D eigenvalue weighted by Crippen LogP contribution is 2.19. The van der Waals surface area contributed by atoms with Crippen molar-refractivity contribution in [3.05, 3.63) is 96.2 Å². The van der Waals surface area contributed by atoms with Crippen molar-refractivity contribution in [1.82, 2.24) is 4.98 Å². The number of rotatable bonds is 5. The van der Waals surface area contributed by atoms with Gasteiger partial charge >= 0.3 is 0 Å². The van der Waals surface area contributed by atoms with Gasteiger partial charge in [0.05, 0.1) is 22.3 Å². The van der Waals surface area contributed by atoms with Gasteiger partial charge in [0, 0.05) is 17.3 Å². The highest BCUT2D eigenvalue weighted by molar-refractivity contribution is 7.92. The molecule has 0 fully saturated rings. The van der Waals surface area contributed by atoms with Gasteiger partial charge in [0.25, 0.3) is 10.0 Å². The van der Waals surface area contributed by atoms with Gasteiger partial charge in [-0.3, -0.25) is 14.7 Å². The lowest BCUT2D eigenvalue weighted by atomic mass is 10.2. The lowest BCUT2D eigenvalue weighted by Gasteiger charge is -2.08. The maximum atomic E-state index is 12.5. The Morgan fingerprint density at radius 1 is 0.931 bits per heavy atom. The molecular weight excluding hydrogens is 382 g/mol. The van der Waals surface area contributed by atoms with Crippen LogP contribution in [0.2, 0.25) is 0 Å². The van der Waals surface area contributed by atoms with Crippen molar-refractivity contribution in [3.63, 3.8) is 0 Å². The fourth-order valence-electron chi connectivity index (χ4n) is 2.85. The second-order valence-electron chi connectivity index (χ2n) is 6.68. The van der Waals surface area contributed by atoms with Crippen molar-refractivity contribution in [2.75, 3.05) is 4.72 Å². The third-order valence-corrected chi connectivity index (χ3v) is 5.83. The van der Waals surface area contributed by atoms with Gasteiger partial charge in [0.15, 0.2) is 0 Å². The van der Waals surface area contributed by atoms with E-state index in [1.165, 1.54) is 0 Å². The second-order valence-corrected chi connectivity index (χ2v) is 8.37. The zero-order valence-corrected chi connectivity index (χ0v) is 16.6. The average molecular weight is 401 g/mol. The molecule has 4 aromatic rings. The summed E-state index contributed by atoms with van der Waals surface area (Å²) >= 11 is 0. The van der Waals surface area contributed by atoms with E-state index in [9.17, 15) is 8.42 Å². The van der Waals surface area contributed by atoms with Gasteiger partial charge in [-0.05, 0) is 48.9 Å². The summed E-state index contributed by atoms with van der Waals surface area (Å²) in [4.78, 5) is 9.09. The summed E-state index contributed by atoms with van der Waals surface area (Å²) in [7, 11) is -3.61. The number of aliphatic imine (C=N–C) groups is 1. The van der Waals surface area contributed by atoms with E-state index in [2.05, 4.69) is 14.7 Å². The largest absolute Gasteiger partial charge is 0.280 e. The number of sulfonamides is 1. The molecule has 144 valence electrons. The average Bonchev–Trinajstić information content (AvgIpc) is 2.73. The minimum atomic E-state index is -3.61. The molecular formula is C23H19N3O2S. The molecule has 0 bridgehead atoms. The summed E-state index contributed by atoms with van der Waals surface area (Å²) in [6.07, 6.45) is 3.45. The number of aryl methyl sites for hydroxylation is 1. The molecule has 0 atom stereocenters. The molecule has 0 unspecified atom stereocenters. The van der Waals surface area contributed by atoms with E-state index in [0.29, 0.717) is 5.69 Å². The van der Waals surface area contributed by atoms with E-state index >= 15 is 0 Å². The summed E-state index contributed by atoms with van der Waals surface area (Å²) in [5.41, 5.74) is 4.05. The van der Waals surface area contributed by atoms with Crippen LogP contribution in [0.25, 0.3) is 10.9 Å². The lowest BCUT2D eigenvalue weighted by molar-refractivity contribution is 0.601. The Labute approximate surface area is 169 Å². The van der Waals surface area contributed by atoms with Crippen molar-refractivity contribution in [2.45, 2.75) is 11.8 Å². The fraction of sp³-hybridized carbons (Fsp3) is 0.0435. The van der Waals surface area contributed by atoms with E-state index < -0.39 is 10.0 Å². The number of pyridine rings is 1. The summed E-state index contributed by atoms with van der Waals surface area (Å²) < 4.78 is 27.5. The van der Waals surface area contributed by atoms with Gasteiger partial charge in [0.2, 0.25) is 0 Å². The zero-order chi connectivity index (χ0) is 20.3. The molecule has 0 saturated carbocycles. The number of anilines is 1. The van der Waals surface area contributed by atoms with E-state index in [0.717, 1.165) is 27.7 Å². The summed E-state index contributed by atoms with van der Waals surface area (Å²) in [5, 5.41) is 1.03. The van der Waals surface area contributed by atoms with Gasteiger partial charge < -0.3 is 0 Å². The van der Waals surface area contributed by atoms with Crippen LogP contribution in [0.4, 0.5) is 11.4 Å². The van der Waals surface area contributed by atoms with Crippen LogP contribution in [0, 0.1) is 6.92 Å². The fourth-order valence-corrected chi connectivity index (χ4v) is 3.91. The van der Waals surface area contributed by atoms with Crippen molar-refractivity contribution < 1.29 is 8.42 Å². The smallest absolute Gasteiger partial charge is 0.261 e. The Hall–Kier alpha value is -3.51. The topological polar surface area (TPSA) is 71.4 Å². The zero-order valence-electron chi connectivity index (χ0n) is 15.8. The number of nitrogens with zero attached hydrogens (tertiary/aromatic N) is 2. The van der Waals surface area contributed by atoms with Crippen LogP contribution < -0.4 is 4.72 Å². The Morgan fingerprint density at radius 2 is 1.66 bits per heavy atom. The Morgan fingerprint density at radius 3 is 2.41 bits per heavy atom. The molecule has 3 aromatic carbocycles.